The molecule has 0 aliphatic carbocycles. The van der Waals surface area contributed by atoms with Crippen molar-refractivity contribution in [3.63, 3.8) is 0 Å². The Kier molecular flexibility index (Phi) is 12.3. The Morgan fingerprint density at radius 1 is 1.07 bits per heavy atom. The fourth-order valence-electron chi connectivity index (χ4n) is 2.79. The van der Waals surface area contributed by atoms with Crippen LogP contribution in [-0.4, -0.2) is 40.9 Å². The van der Waals surface area contributed by atoms with Crippen LogP contribution < -0.4 is 15.4 Å². The van der Waals surface area contributed by atoms with Gasteiger partial charge in [-0.05, 0) is 37.5 Å². The fraction of sp³-hybridized carbons (Fsp3) is 0.571. The Labute approximate surface area is 191 Å². The third-order valence-corrected chi connectivity index (χ3v) is 4.75. The number of nitrogens with one attached hydrogen (secondary N) is 2. The van der Waals surface area contributed by atoms with E-state index in [2.05, 4.69) is 39.9 Å². The Morgan fingerprint density at radius 2 is 1.79 bits per heavy atom. The predicted octanol–water partition coefficient (Wildman–Crippen LogP) is 3.61. The second-order valence-corrected chi connectivity index (χ2v) is 6.90. The number of rotatable bonds is 11. The van der Waals surface area contributed by atoms with Gasteiger partial charge in [0.15, 0.2) is 11.8 Å². The Hall–Kier alpha value is -1.84. The molecule has 0 aliphatic rings. The molecule has 162 valence electrons. The lowest BCUT2D eigenvalue weighted by molar-refractivity contribution is 0.414. The van der Waals surface area contributed by atoms with Crippen LogP contribution >= 0.6 is 24.0 Å². The van der Waals surface area contributed by atoms with Crippen LogP contribution in [0.15, 0.2) is 29.3 Å². The molecule has 0 saturated carbocycles. The summed E-state index contributed by atoms with van der Waals surface area (Å²) in [6.45, 7) is 6.41. The molecule has 1 heterocycles. The molecule has 2 aromatic rings. The maximum absolute atomic E-state index is 5.21. The number of nitrogens with zero attached hydrogens (tertiary/aromatic N) is 4. The summed E-state index contributed by atoms with van der Waals surface area (Å²) < 4.78 is 7.18. The molecule has 7 nitrogen and oxygen atoms in total. The summed E-state index contributed by atoms with van der Waals surface area (Å²) in [5, 5.41) is 15.2. The van der Waals surface area contributed by atoms with E-state index >= 15 is 0 Å². The summed E-state index contributed by atoms with van der Waals surface area (Å²) in [4.78, 5) is 4.70. The van der Waals surface area contributed by atoms with Gasteiger partial charge in [0.25, 0.3) is 0 Å². The third kappa shape index (κ3) is 9.01. The van der Waals surface area contributed by atoms with E-state index in [1.54, 1.807) is 7.11 Å². The number of aromatic nitrogens is 3. The largest absolute Gasteiger partial charge is 0.497 e. The van der Waals surface area contributed by atoms with Crippen LogP contribution in [0.3, 0.4) is 0 Å². The normalized spacial score (nSPS) is 11.1. The summed E-state index contributed by atoms with van der Waals surface area (Å²) in [5.41, 5.74) is 1.26. The molecule has 0 amide bonds. The highest BCUT2D eigenvalue weighted by Gasteiger charge is 2.05. The maximum Gasteiger partial charge on any atom is 0.191 e. The number of benzene rings is 1. The zero-order valence-electron chi connectivity index (χ0n) is 18.1. The molecular weight excluding hydrogens is 479 g/mol. The minimum atomic E-state index is 0. The Morgan fingerprint density at radius 3 is 2.41 bits per heavy atom. The molecule has 2 N–H and O–H groups in total. The highest BCUT2D eigenvalue weighted by Crippen LogP contribution is 2.11. The molecule has 0 radical (unpaired) electrons. The van der Waals surface area contributed by atoms with Crippen LogP contribution in [0.1, 0.15) is 49.8 Å². The molecule has 1 aromatic carbocycles. The van der Waals surface area contributed by atoms with Crippen LogP contribution in [0, 0.1) is 6.92 Å². The second-order valence-electron chi connectivity index (χ2n) is 6.90. The summed E-state index contributed by atoms with van der Waals surface area (Å²) in [6.07, 6.45) is 5.83. The van der Waals surface area contributed by atoms with Gasteiger partial charge in [0.2, 0.25) is 0 Å². The zero-order chi connectivity index (χ0) is 20.2. The van der Waals surface area contributed by atoms with Gasteiger partial charge in [0.05, 0.1) is 7.11 Å². The number of ether oxygens (including phenoxy) is 1. The first-order valence-electron chi connectivity index (χ1n) is 10.1. The zero-order valence-corrected chi connectivity index (χ0v) is 20.4. The first-order chi connectivity index (χ1) is 13.6. The van der Waals surface area contributed by atoms with E-state index in [0.717, 1.165) is 49.3 Å². The molecule has 1 aromatic heterocycles. The molecule has 0 atom stereocenters. The molecular formula is C21H35IN6O. The van der Waals surface area contributed by atoms with E-state index in [1.807, 2.05) is 30.7 Å². The first kappa shape index (κ1) is 25.2. The van der Waals surface area contributed by atoms with Gasteiger partial charge in [-0.3, -0.25) is 0 Å². The van der Waals surface area contributed by atoms with Crippen molar-refractivity contribution in [2.24, 2.45) is 12.0 Å². The van der Waals surface area contributed by atoms with E-state index < -0.39 is 0 Å². The van der Waals surface area contributed by atoms with Gasteiger partial charge in [0, 0.05) is 20.1 Å². The van der Waals surface area contributed by atoms with Gasteiger partial charge in [-0.15, -0.1) is 34.2 Å². The van der Waals surface area contributed by atoms with Crippen molar-refractivity contribution in [3.05, 3.63) is 41.5 Å². The van der Waals surface area contributed by atoms with E-state index in [4.69, 9.17) is 9.73 Å². The maximum atomic E-state index is 5.21. The number of guanidine groups is 1. The number of hydrogen-bond acceptors (Lipinski definition) is 4. The van der Waals surface area contributed by atoms with Gasteiger partial charge < -0.3 is 19.9 Å². The first-order valence-corrected chi connectivity index (χ1v) is 10.1. The van der Waals surface area contributed by atoms with Crippen molar-refractivity contribution in [1.82, 2.24) is 25.4 Å². The number of hydrogen-bond donors (Lipinski definition) is 2. The number of unbranched alkanes of at least 4 members (excludes halogenated alkanes) is 3. The molecule has 0 unspecified atom stereocenters. The lowest BCUT2D eigenvalue weighted by Crippen LogP contribution is -2.39. The van der Waals surface area contributed by atoms with Gasteiger partial charge >= 0.3 is 0 Å². The van der Waals surface area contributed by atoms with Crippen molar-refractivity contribution in [1.29, 1.82) is 0 Å². The van der Waals surface area contributed by atoms with Crippen molar-refractivity contribution in [2.45, 2.75) is 52.5 Å². The fourth-order valence-corrected chi connectivity index (χ4v) is 2.79. The van der Waals surface area contributed by atoms with Gasteiger partial charge in [-0.1, -0.05) is 38.3 Å². The topological polar surface area (TPSA) is 76.4 Å². The average Bonchev–Trinajstić information content (AvgIpc) is 3.04. The highest BCUT2D eigenvalue weighted by atomic mass is 127. The van der Waals surface area contributed by atoms with Crippen LogP contribution in [0.4, 0.5) is 0 Å². The molecule has 0 spiro atoms. The van der Waals surface area contributed by atoms with E-state index in [9.17, 15) is 0 Å². The summed E-state index contributed by atoms with van der Waals surface area (Å²) >= 11 is 0. The number of halogens is 1. The SMILES string of the molecule is CCCCCCNC(=NCc1nnc(C)n1C)NCCc1ccc(OC)cc1.I. The minimum absolute atomic E-state index is 0. The molecule has 2 rings (SSSR count). The van der Waals surface area contributed by atoms with Crippen LogP contribution in [0.2, 0.25) is 0 Å². The Bertz CT molecular complexity index is 729. The number of methoxy groups -OCH3 is 1. The van der Waals surface area contributed by atoms with Crippen molar-refractivity contribution < 1.29 is 4.74 Å². The summed E-state index contributed by atoms with van der Waals surface area (Å²) in [5.74, 6) is 3.46. The van der Waals surface area contributed by atoms with Crippen molar-refractivity contribution in [3.8, 4) is 5.75 Å². The van der Waals surface area contributed by atoms with Crippen LogP contribution in [-0.2, 0) is 20.0 Å². The van der Waals surface area contributed by atoms with Gasteiger partial charge in [-0.2, -0.15) is 0 Å². The lowest BCUT2D eigenvalue weighted by Gasteiger charge is -2.13. The van der Waals surface area contributed by atoms with E-state index in [0.29, 0.717) is 6.54 Å². The van der Waals surface area contributed by atoms with E-state index in [1.165, 1.54) is 24.8 Å². The summed E-state index contributed by atoms with van der Waals surface area (Å²) in [7, 11) is 3.65. The molecule has 0 fully saturated rings. The molecule has 0 saturated heterocycles. The monoisotopic (exact) mass is 514 g/mol. The quantitative estimate of drug-likeness (QED) is 0.208. The predicted molar refractivity (Wildman–Crippen MR) is 129 cm³/mol. The Balaban J connectivity index is 0.00000420. The van der Waals surface area contributed by atoms with Crippen LogP contribution in [0.25, 0.3) is 0 Å². The van der Waals surface area contributed by atoms with Crippen LogP contribution in [0.5, 0.6) is 5.75 Å². The molecule has 8 heteroatoms. The minimum Gasteiger partial charge on any atom is -0.497 e. The molecule has 0 aliphatic heterocycles. The summed E-state index contributed by atoms with van der Waals surface area (Å²) in [6, 6.07) is 8.18. The lowest BCUT2D eigenvalue weighted by atomic mass is 10.1. The number of aliphatic imine (C=N–C) groups is 1. The molecule has 29 heavy (non-hydrogen) atoms. The van der Waals surface area contributed by atoms with Gasteiger partial charge in [-0.25, -0.2) is 4.99 Å². The standard InChI is InChI=1S/C21H34N6O.HI/c1-5-6-7-8-14-22-21(24-16-20-26-25-17(2)27(20)3)23-15-13-18-9-11-19(28-4)12-10-18;/h9-12H,5-8,13-16H2,1-4H3,(H2,22,23,24);1H. The van der Waals surface area contributed by atoms with Crippen molar-refractivity contribution >= 4 is 29.9 Å². The average molecular weight is 514 g/mol. The van der Waals surface area contributed by atoms with Gasteiger partial charge in [0.1, 0.15) is 18.1 Å². The second kappa shape index (κ2) is 14.2. The molecule has 0 bridgehead atoms. The number of aryl methyl sites for hydroxylation is 1. The van der Waals surface area contributed by atoms with Crippen molar-refractivity contribution in [2.75, 3.05) is 20.2 Å². The smallest absolute Gasteiger partial charge is 0.191 e. The third-order valence-electron chi connectivity index (χ3n) is 4.75. The highest BCUT2D eigenvalue weighted by molar-refractivity contribution is 14.0. The van der Waals surface area contributed by atoms with E-state index in [-0.39, 0.29) is 24.0 Å².